The fraction of sp³-hybridized carbons (Fsp3) is 0. The molecule has 0 aliphatic rings. The van der Waals surface area contributed by atoms with Gasteiger partial charge in [0.05, 0.1) is 11.1 Å². The quantitative estimate of drug-likeness (QED) is 0.282. The molecule has 20 heavy (non-hydrogen) atoms. The molecule has 3 N–H and O–H groups in total. The Morgan fingerprint density at radius 2 is 2.30 bits per heavy atom. The maximum Gasteiger partial charge on any atom is 0.332 e. The molecule has 0 saturated heterocycles. The van der Waals surface area contributed by atoms with Gasteiger partial charge in [-0.1, -0.05) is 5.16 Å². The Balaban J connectivity index is 2.41. The monoisotopic (exact) mass is 275 g/mol. The van der Waals surface area contributed by atoms with Crippen LogP contribution in [-0.4, -0.2) is 25.9 Å². The number of rotatable bonds is 4. The van der Waals surface area contributed by atoms with Crippen molar-refractivity contribution in [1.29, 1.82) is 0 Å². The summed E-state index contributed by atoms with van der Waals surface area (Å²) in [6.07, 6.45) is 4.13. The number of pyridine rings is 2. The number of nitrogens with two attached hydrogens (primary N) is 1. The van der Waals surface area contributed by atoms with Crippen LogP contribution in [-0.2, 0) is 0 Å². The summed E-state index contributed by atoms with van der Waals surface area (Å²) in [6, 6.07) is 4.30. The molecule has 0 aromatic carbocycles. The van der Waals surface area contributed by atoms with Crippen molar-refractivity contribution in [2.75, 3.05) is 0 Å². The van der Waals surface area contributed by atoms with E-state index in [4.69, 9.17) is 15.7 Å². The van der Waals surface area contributed by atoms with Crippen molar-refractivity contribution >= 4 is 11.5 Å². The smallest absolute Gasteiger partial charge is 0.332 e. The molecule has 2 heterocycles. The number of amidine groups is 1. The average molecular weight is 275 g/mol. The van der Waals surface area contributed by atoms with Gasteiger partial charge in [0.25, 0.3) is 5.88 Å². The molecule has 2 rings (SSSR count). The lowest BCUT2D eigenvalue weighted by Crippen LogP contribution is -2.14. The highest BCUT2D eigenvalue weighted by atomic mass is 16.6. The Hall–Kier alpha value is -3.23. The Morgan fingerprint density at radius 3 is 2.90 bits per heavy atom. The molecule has 0 spiro atoms. The van der Waals surface area contributed by atoms with E-state index in [1.165, 1.54) is 18.6 Å². The highest BCUT2D eigenvalue weighted by molar-refractivity contribution is 5.97. The molecule has 0 unspecified atom stereocenters. The molecule has 2 aromatic rings. The molecular formula is C11H9N5O4. The third-order valence-corrected chi connectivity index (χ3v) is 2.28. The average Bonchev–Trinajstić information content (AvgIpc) is 2.47. The Kier molecular flexibility index (Phi) is 3.70. The van der Waals surface area contributed by atoms with E-state index in [1.54, 1.807) is 12.1 Å². The van der Waals surface area contributed by atoms with Crippen LogP contribution in [0.25, 0.3) is 0 Å². The number of hydrogen-bond acceptors (Lipinski definition) is 7. The normalized spacial score (nSPS) is 11.1. The van der Waals surface area contributed by atoms with Gasteiger partial charge in [0, 0.05) is 24.0 Å². The second-order valence-corrected chi connectivity index (χ2v) is 3.58. The van der Waals surface area contributed by atoms with Crippen LogP contribution in [0.3, 0.4) is 0 Å². The standard InChI is InChI=1S/C11H9N5O4/c12-10(15-17)7-4-9(16(18)19)11(14-5-7)20-8-2-1-3-13-6-8/h1-6,17H,(H2,12,15). The van der Waals surface area contributed by atoms with Crippen molar-refractivity contribution in [3.05, 3.63) is 52.5 Å². The summed E-state index contributed by atoms with van der Waals surface area (Å²) in [5, 5.41) is 22.3. The van der Waals surface area contributed by atoms with Gasteiger partial charge < -0.3 is 15.7 Å². The van der Waals surface area contributed by atoms with Gasteiger partial charge >= 0.3 is 5.69 Å². The van der Waals surface area contributed by atoms with Crippen molar-refractivity contribution < 1.29 is 14.9 Å². The van der Waals surface area contributed by atoms with Gasteiger partial charge in [-0.2, -0.15) is 0 Å². The zero-order chi connectivity index (χ0) is 14.5. The van der Waals surface area contributed by atoms with E-state index in [-0.39, 0.29) is 17.3 Å². The van der Waals surface area contributed by atoms with Crippen LogP contribution < -0.4 is 10.5 Å². The second kappa shape index (κ2) is 5.61. The van der Waals surface area contributed by atoms with Gasteiger partial charge in [-0.05, 0) is 12.1 Å². The topological polar surface area (TPSA) is 137 Å². The number of aromatic nitrogens is 2. The summed E-state index contributed by atoms with van der Waals surface area (Å²) in [7, 11) is 0. The van der Waals surface area contributed by atoms with Crippen LogP contribution in [0.4, 0.5) is 5.69 Å². The molecule has 0 amide bonds. The first-order valence-corrected chi connectivity index (χ1v) is 5.32. The number of ether oxygens (including phenoxy) is 1. The fourth-order valence-electron chi connectivity index (χ4n) is 1.37. The first-order chi connectivity index (χ1) is 9.61. The third-order valence-electron chi connectivity index (χ3n) is 2.28. The fourth-order valence-corrected chi connectivity index (χ4v) is 1.37. The van der Waals surface area contributed by atoms with Crippen LogP contribution in [0, 0.1) is 10.1 Å². The number of hydrogen-bond donors (Lipinski definition) is 2. The lowest BCUT2D eigenvalue weighted by atomic mass is 10.2. The van der Waals surface area contributed by atoms with Gasteiger partial charge in [-0.3, -0.25) is 15.1 Å². The van der Waals surface area contributed by atoms with E-state index in [9.17, 15) is 10.1 Å². The predicted octanol–water partition coefficient (Wildman–Crippen LogP) is 1.27. The molecule has 0 radical (unpaired) electrons. The molecule has 2 aromatic heterocycles. The van der Waals surface area contributed by atoms with Gasteiger partial charge in [-0.25, -0.2) is 4.98 Å². The zero-order valence-corrected chi connectivity index (χ0v) is 10.0. The molecule has 0 saturated carbocycles. The van der Waals surface area contributed by atoms with E-state index in [2.05, 4.69) is 15.1 Å². The number of oxime groups is 1. The Labute approximate surface area is 112 Å². The van der Waals surface area contributed by atoms with Gasteiger partial charge in [0.1, 0.15) is 5.75 Å². The zero-order valence-electron chi connectivity index (χ0n) is 10.0. The summed E-state index contributed by atoms with van der Waals surface area (Å²) in [4.78, 5) is 17.9. The van der Waals surface area contributed by atoms with Crippen molar-refractivity contribution in [2.45, 2.75) is 0 Å². The molecule has 9 nitrogen and oxygen atoms in total. The van der Waals surface area contributed by atoms with E-state index in [0.29, 0.717) is 5.75 Å². The minimum Gasteiger partial charge on any atom is -0.432 e. The Morgan fingerprint density at radius 1 is 1.50 bits per heavy atom. The maximum atomic E-state index is 11.0. The summed E-state index contributed by atoms with van der Waals surface area (Å²) in [5.41, 5.74) is 5.06. The van der Waals surface area contributed by atoms with Crippen molar-refractivity contribution in [2.24, 2.45) is 10.9 Å². The lowest BCUT2D eigenvalue weighted by molar-refractivity contribution is -0.386. The highest BCUT2D eigenvalue weighted by Gasteiger charge is 2.20. The van der Waals surface area contributed by atoms with Crippen molar-refractivity contribution in [3.8, 4) is 11.6 Å². The minimum atomic E-state index is -0.674. The van der Waals surface area contributed by atoms with Gasteiger partial charge in [0.2, 0.25) is 0 Å². The SMILES string of the molecule is N/C(=N/O)c1cnc(Oc2cccnc2)c([N+](=O)[O-])c1. The number of nitro groups is 1. The van der Waals surface area contributed by atoms with Crippen LogP contribution in [0.15, 0.2) is 41.9 Å². The molecule has 9 heteroatoms. The van der Waals surface area contributed by atoms with Crippen LogP contribution >= 0.6 is 0 Å². The lowest BCUT2D eigenvalue weighted by Gasteiger charge is -2.05. The largest absolute Gasteiger partial charge is 0.432 e. The van der Waals surface area contributed by atoms with E-state index in [1.807, 2.05) is 0 Å². The molecule has 0 atom stereocenters. The van der Waals surface area contributed by atoms with Crippen molar-refractivity contribution in [1.82, 2.24) is 9.97 Å². The van der Waals surface area contributed by atoms with E-state index in [0.717, 1.165) is 6.07 Å². The molecule has 0 aliphatic carbocycles. The van der Waals surface area contributed by atoms with Crippen LogP contribution in [0.5, 0.6) is 11.6 Å². The van der Waals surface area contributed by atoms with E-state index >= 15 is 0 Å². The van der Waals surface area contributed by atoms with Crippen molar-refractivity contribution in [3.63, 3.8) is 0 Å². The van der Waals surface area contributed by atoms with Crippen LogP contribution in [0.1, 0.15) is 5.56 Å². The Bertz CT molecular complexity index is 659. The predicted molar refractivity (Wildman–Crippen MR) is 67.7 cm³/mol. The second-order valence-electron chi connectivity index (χ2n) is 3.58. The molecule has 0 aliphatic heterocycles. The van der Waals surface area contributed by atoms with Gasteiger partial charge in [0.15, 0.2) is 5.84 Å². The third kappa shape index (κ3) is 2.77. The summed E-state index contributed by atoms with van der Waals surface area (Å²) in [6.45, 7) is 0. The molecular weight excluding hydrogens is 266 g/mol. The minimum absolute atomic E-state index is 0.109. The molecule has 0 bridgehead atoms. The number of nitrogens with zero attached hydrogens (tertiary/aromatic N) is 4. The summed E-state index contributed by atoms with van der Waals surface area (Å²) >= 11 is 0. The first-order valence-electron chi connectivity index (χ1n) is 5.32. The van der Waals surface area contributed by atoms with Crippen LogP contribution in [0.2, 0.25) is 0 Å². The summed E-state index contributed by atoms with van der Waals surface area (Å²) in [5.74, 6) is -0.189. The maximum absolute atomic E-state index is 11.0. The molecule has 102 valence electrons. The highest BCUT2D eigenvalue weighted by Crippen LogP contribution is 2.29. The van der Waals surface area contributed by atoms with E-state index < -0.39 is 10.6 Å². The van der Waals surface area contributed by atoms with Gasteiger partial charge in [-0.15, -0.1) is 0 Å². The first kappa shape index (κ1) is 13.2. The summed E-state index contributed by atoms with van der Waals surface area (Å²) < 4.78 is 5.28. The molecule has 0 fully saturated rings.